The summed E-state index contributed by atoms with van der Waals surface area (Å²) in [5.74, 6) is 0.00115. The fourth-order valence-electron chi connectivity index (χ4n) is 2.45. The lowest BCUT2D eigenvalue weighted by molar-refractivity contribution is -0.115. The van der Waals surface area contributed by atoms with Crippen LogP contribution in [0.25, 0.3) is 0 Å². The molecular formula is C17H29N3O. The molecule has 4 heteroatoms. The number of carbonyl (C=O) groups excluding carboxylic acids is 1. The molecular weight excluding hydrogens is 262 g/mol. The van der Waals surface area contributed by atoms with Crippen molar-refractivity contribution in [1.29, 1.82) is 0 Å². The lowest BCUT2D eigenvalue weighted by Gasteiger charge is -2.30. The Morgan fingerprint density at radius 2 is 1.86 bits per heavy atom. The first-order chi connectivity index (χ1) is 9.90. The number of aryl methyl sites for hydroxylation is 1. The van der Waals surface area contributed by atoms with E-state index in [-0.39, 0.29) is 5.91 Å². The van der Waals surface area contributed by atoms with Crippen LogP contribution >= 0.6 is 0 Å². The van der Waals surface area contributed by atoms with Gasteiger partial charge in [0.05, 0.1) is 6.54 Å². The molecule has 0 bridgehead atoms. The summed E-state index contributed by atoms with van der Waals surface area (Å²) < 4.78 is 0. The van der Waals surface area contributed by atoms with Crippen LogP contribution in [0.1, 0.15) is 33.3 Å². The molecule has 2 N–H and O–H groups in total. The van der Waals surface area contributed by atoms with Gasteiger partial charge in [0.1, 0.15) is 0 Å². The number of rotatable bonds is 8. The third kappa shape index (κ3) is 6.74. The first-order valence-corrected chi connectivity index (χ1v) is 7.73. The third-order valence-electron chi connectivity index (χ3n) is 3.46. The van der Waals surface area contributed by atoms with Crippen LogP contribution in [0.2, 0.25) is 0 Å². The molecule has 0 radical (unpaired) electrons. The van der Waals surface area contributed by atoms with Gasteiger partial charge < -0.3 is 10.6 Å². The maximum atomic E-state index is 11.8. The highest BCUT2D eigenvalue weighted by atomic mass is 16.1. The molecule has 0 saturated carbocycles. The molecule has 0 spiro atoms. The molecule has 0 aliphatic rings. The summed E-state index contributed by atoms with van der Waals surface area (Å²) in [4.78, 5) is 14.3. The van der Waals surface area contributed by atoms with Crippen LogP contribution in [-0.2, 0) is 4.79 Å². The number of nitrogens with zero attached hydrogens (tertiary/aromatic N) is 1. The van der Waals surface area contributed by atoms with Gasteiger partial charge in [-0.3, -0.25) is 9.69 Å². The molecule has 1 rings (SSSR count). The molecule has 21 heavy (non-hydrogen) atoms. The zero-order valence-corrected chi connectivity index (χ0v) is 13.9. The molecule has 0 unspecified atom stereocenters. The average molecular weight is 291 g/mol. The fourth-order valence-corrected chi connectivity index (χ4v) is 2.45. The summed E-state index contributed by atoms with van der Waals surface area (Å²) in [6.07, 6.45) is 0. The maximum absolute atomic E-state index is 11.8. The zero-order chi connectivity index (χ0) is 15.8. The van der Waals surface area contributed by atoms with E-state index in [1.54, 1.807) is 0 Å². The summed E-state index contributed by atoms with van der Waals surface area (Å²) in [7, 11) is 0. The number of carbonyl (C=O) groups is 1. The number of anilines is 1. The Morgan fingerprint density at radius 3 is 2.43 bits per heavy atom. The minimum absolute atomic E-state index is 0.00115. The molecule has 1 aromatic rings. The van der Waals surface area contributed by atoms with Gasteiger partial charge in [0.2, 0.25) is 5.91 Å². The second kappa shape index (κ2) is 8.80. The van der Waals surface area contributed by atoms with E-state index in [1.165, 1.54) is 0 Å². The summed E-state index contributed by atoms with van der Waals surface area (Å²) >= 11 is 0. The molecule has 0 aliphatic carbocycles. The van der Waals surface area contributed by atoms with Gasteiger partial charge in [-0.1, -0.05) is 12.1 Å². The lowest BCUT2D eigenvalue weighted by atomic mass is 10.2. The molecule has 0 aliphatic heterocycles. The molecule has 0 aromatic heterocycles. The standard InChI is InChI=1S/C17H29N3O/c1-13(2)20(14(3)4)10-9-18-12-17(21)19-16-8-6-7-15(5)11-16/h6-8,11,13-14,18H,9-10,12H2,1-5H3,(H,19,21). The lowest BCUT2D eigenvalue weighted by Crippen LogP contribution is -2.42. The molecule has 118 valence electrons. The molecule has 0 atom stereocenters. The van der Waals surface area contributed by atoms with Crippen molar-refractivity contribution in [3.63, 3.8) is 0 Å². The Bertz CT molecular complexity index is 435. The van der Waals surface area contributed by atoms with Gasteiger partial charge in [0.15, 0.2) is 0 Å². The van der Waals surface area contributed by atoms with Crippen molar-refractivity contribution in [2.24, 2.45) is 0 Å². The quantitative estimate of drug-likeness (QED) is 0.724. The van der Waals surface area contributed by atoms with Crippen LogP contribution < -0.4 is 10.6 Å². The van der Waals surface area contributed by atoms with E-state index in [1.807, 2.05) is 31.2 Å². The van der Waals surface area contributed by atoms with E-state index in [2.05, 4.69) is 43.2 Å². The number of amides is 1. The van der Waals surface area contributed by atoms with E-state index in [4.69, 9.17) is 0 Å². The summed E-state index contributed by atoms with van der Waals surface area (Å²) in [6.45, 7) is 12.9. The van der Waals surface area contributed by atoms with Crippen molar-refractivity contribution in [2.75, 3.05) is 25.0 Å². The fraction of sp³-hybridized carbons (Fsp3) is 0.588. The minimum atomic E-state index is 0.00115. The highest BCUT2D eigenvalue weighted by molar-refractivity contribution is 5.92. The SMILES string of the molecule is Cc1cccc(NC(=O)CNCCN(C(C)C)C(C)C)c1. The van der Waals surface area contributed by atoms with Crippen molar-refractivity contribution in [3.05, 3.63) is 29.8 Å². The van der Waals surface area contributed by atoms with Crippen LogP contribution in [0.15, 0.2) is 24.3 Å². The van der Waals surface area contributed by atoms with E-state index in [0.29, 0.717) is 18.6 Å². The molecule has 1 amide bonds. The van der Waals surface area contributed by atoms with E-state index >= 15 is 0 Å². The van der Waals surface area contributed by atoms with Crippen LogP contribution in [-0.4, -0.2) is 42.5 Å². The number of benzene rings is 1. The Hall–Kier alpha value is -1.39. The monoisotopic (exact) mass is 291 g/mol. The van der Waals surface area contributed by atoms with Gasteiger partial charge in [0.25, 0.3) is 0 Å². The van der Waals surface area contributed by atoms with Crippen molar-refractivity contribution < 1.29 is 4.79 Å². The Balaban J connectivity index is 2.27. The van der Waals surface area contributed by atoms with E-state index in [9.17, 15) is 4.79 Å². The van der Waals surface area contributed by atoms with Crippen LogP contribution in [0, 0.1) is 6.92 Å². The van der Waals surface area contributed by atoms with Gasteiger partial charge in [-0.15, -0.1) is 0 Å². The van der Waals surface area contributed by atoms with Crippen molar-refractivity contribution in [3.8, 4) is 0 Å². The predicted molar refractivity (Wildman–Crippen MR) is 89.7 cm³/mol. The molecule has 1 aromatic carbocycles. The van der Waals surface area contributed by atoms with Crippen molar-refractivity contribution >= 4 is 11.6 Å². The second-order valence-electron chi connectivity index (χ2n) is 6.02. The van der Waals surface area contributed by atoms with E-state index in [0.717, 1.165) is 24.3 Å². The summed E-state index contributed by atoms with van der Waals surface area (Å²) in [6, 6.07) is 8.88. The van der Waals surface area contributed by atoms with Gasteiger partial charge in [-0.25, -0.2) is 0 Å². The topological polar surface area (TPSA) is 44.4 Å². The smallest absolute Gasteiger partial charge is 0.238 e. The molecule has 0 fully saturated rings. The Kier molecular flexibility index (Phi) is 7.40. The van der Waals surface area contributed by atoms with Gasteiger partial charge >= 0.3 is 0 Å². The van der Waals surface area contributed by atoms with Gasteiger partial charge in [-0.2, -0.15) is 0 Å². The van der Waals surface area contributed by atoms with Gasteiger partial charge in [0, 0.05) is 30.9 Å². The zero-order valence-electron chi connectivity index (χ0n) is 13.9. The highest BCUT2D eigenvalue weighted by Gasteiger charge is 2.12. The number of hydrogen-bond acceptors (Lipinski definition) is 3. The van der Waals surface area contributed by atoms with Crippen LogP contribution in [0.5, 0.6) is 0 Å². The van der Waals surface area contributed by atoms with Crippen molar-refractivity contribution in [2.45, 2.75) is 46.7 Å². The maximum Gasteiger partial charge on any atom is 0.238 e. The van der Waals surface area contributed by atoms with Gasteiger partial charge in [-0.05, 0) is 52.3 Å². The molecule has 4 nitrogen and oxygen atoms in total. The molecule has 0 heterocycles. The largest absolute Gasteiger partial charge is 0.325 e. The molecule has 0 saturated heterocycles. The number of nitrogens with one attached hydrogen (secondary N) is 2. The Morgan fingerprint density at radius 1 is 1.19 bits per heavy atom. The first-order valence-electron chi connectivity index (χ1n) is 7.73. The predicted octanol–water partition coefficient (Wildman–Crippen LogP) is 2.64. The normalized spacial score (nSPS) is 11.4. The van der Waals surface area contributed by atoms with E-state index < -0.39 is 0 Å². The van der Waals surface area contributed by atoms with Crippen LogP contribution in [0.4, 0.5) is 5.69 Å². The van der Waals surface area contributed by atoms with Crippen LogP contribution in [0.3, 0.4) is 0 Å². The summed E-state index contributed by atoms with van der Waals surface area (Å²) in [5.41, 5.74) is 2.00. The minimum Gasteiger partial charge on any atom is -0.325 e. The van der Waals surface area contributed by atoms with Crippen molar-refractivity contribution in [1.82, 2.24) is 10.2 Å². The highest BCUT2D eigenvalue weighted by Crippen LogP contribution is 2.08. The second-order valence-corrected chi connectivity index (χ2v) is 6.02. The summed E-state index contributed by atoms with van der Waals surface area (Å²) in [5, 5.41) is 6.11. The Labute approximate surface area is 128 Å². The first kappa shape index (κ1) is 17.7. The average Bonchev–Trinajstić information content (AvgIpc) is 2.37. The number of hydrogen-bond donors (Lipinski definition) is 2. The third-order valence-corrected chi connectivity index (χ3v) is 3.46.